The van der Waals surface area contributed by atoms with Gasteiger partial charge < -0.3 is 5.11 Å². The highest BCUT2D eigenvalue weighted by Gasteiger charge is 2.29. The molecule has 5 heteroatoms. The van der Waals surface area contributed by atoms with Crippen LogP contribution in [0.2, 0.25) is 10.0 Å². The molecule has 1 aliphatic heterocycles. The van der Waals surface area contributed by atoms with E-state index in [-0.39, 0.29) is 11.4 Å². The molecule has 1 N–H and O–H groups in total. The van der Waals surface area contributed by atoms with Crippen molar-refractivity contribution in [3.8, 4) is 0 Å². The van der Waals surface area contributed by atoms with Crippen molar-refractivity contribution >= 4 is 46.7 Å². The van der Waals surface area contributed by atoms with E-state index in [2.05, 4.69) is 6.92 Å². The third-order valence-electron chi connectivity index (χ3n) is 3.05. The first-order valence-electron chi connectivity index (χ1n) is 5.93. The van der Waals surface area contributed by atoms with Crippen LogP contribution in [0.3, 0.4) is 0 Å². The van der Waals surface area contributed by atoms with Crippen LogP contribution in [0.5, 0.6) is 0 Å². The van der Waals surface area contributed by atoms with Gasteiger partial charge in [-0.25, -0.2) is 0 Å². The summed E-state index contributed by atoms with van der Waals surface area (Å²) in [4.78, 5) is 0. The highest BCUT2D eigenvalue weighted by Crippen LogP contribution is 2.34. The third-order valence-corrected chi connectivity index (χ3v) is 6.89. The van der Waals surface area contributed by atoms with Crippen molar-refractivity contribution in [1.29, 1.82) is 0 Å². The Morgan fingerprint density at radius 2 is 2.06 bits per heavy atom. The van der Waals surface area contributed by atoms with Gasteiger partial charge in [-0.15, -0.1) is 0 Å². The van der Waals surface area contributed by atoms with E-state index >= 15 is 0 Å². The molecule has 18 heavy (non-hydrogen) atoms. The van der Waals surface area contributed by atoms with Crippen molar-refractivity contribution in [3.63, 3.8) is 0 Å². The summed E-state index contributed by atoms with van der Waals surface area (Å²) in [5.41, 5.74) is 0.931. The number of thioether (sulfide) groups is 2. The van der Waals surface area contributed by atoms with Gasteiger partial charge in [0.05, 0.1) is 6.10 Å². The molecule has 1 aromatic rings. The molecule has 0 radical (unpaired) electrons. The summed E-state index contributed by atoms with van der Waals surface area (Å²) in [6.07, 6.45) is 0.205. The van der Waals surface area contributed by atoms with E-state index in [9.17, 15) is 5.11 Å². The minimum atomic E-state index is -0.367. The number of benzene rings is 1. The fourth-order valence-corrected chi connectivity index (χ4v) is 5.35. The summed E-state index contributed by atoms with van der Waals surface area (Å²) in [7, 11) is 0. The van der Waals surface area contributed by atoms with Crippen molar-refractivity contribution in [2.75, 3.05) is 11.5 Å². The molecule has 1 heterocycles. The molecule has 0 aromatic heterocycles. The SMILES string of the molecule is CC1SCCSC1C(O)Cc1cc(Cl)ccc1Cl. The zero-order chi connectivity index (χ0) is 13.1. The van der Waals surface area contributed by atoms with E-state index in [1.165, 1.54) is 5.75 Å². The molecule has 3 unspecified atom stereocenters. The Morgan fingerprint density at radius 3 is 2.78 bits per heavy atom. The Kier molecular flexibility index (Phi) is 5.58. The van der Waals surface area contributed by atoms with Gasteiger partial charge in [0.1, 0.15) is 0 Å². The molecule has 0 bridgehead atoms. The summed E-state index contributed by atoms with van der Waals surface area (Å²) in [6, 6.07) is 5.41. The molecule has 0 aliphatic carbocycles. The Labute approximate surface area is 127 Å². The standard InChI is InChI=1S/C13H16Cl2OS2/c1-8-13(18-5-4-17-8)12(16)7-9-6-10(14)2-3-11(9)15/h2-3,6,8,12-13,16H,4-5,7H2,1H3. The molecule has 0 saturated carbocycles. The second-order valence-corrected chi connectivity index (χ2v) is 8.03. The van der Waals surface area contributed by atoms with Crippen LogP contribution >= 0.6 is 46.7 Å². The van der Waals surface area contributed by atoms with Crippen molar-refractivity contribution < 1.29 is 5.11 Å². The molecular weight excluding hydrogens is 307 g/mol. The summed E-state index contributed by atoms with van der Waals surface area (Å²) in [5, 5.41) is 12.5. The molecule has 100 valence electrons. The summed E-state index contributed by atoms with van der Waals surface area (Å²) < 4.78 is 0. The summed E-state index contributed by atoms with van der Waals surface area (Å²) >= 11 is 15.9. The lowest BCUT2D eigenvalue weighted by atomic mass is 10.0. The topological polar surface area (TPSA) is 20.2 Å². The second-order valence-electron chi connectivity index (χ2n) is 4.42. The predicted molar refractivity (Wildman–Crippen MR) is 84.3 cm³/mol. The summed E-state index contributed by atoms with van der Waals surface area (Å²) in [6.45, 7) is 2.18. The number of halogens is 2. The number of aliphatic hydroxyl groups excluding tert-OH is 1. The van der Waals surface area contributed by atoms with Gasteiger partial charge in [-0.2, -0.15) is 23.5 Å². The first kappa shape index (κ1) is 14.9. The van der Waals surface area contributed by atoms with Gasteiger partial charge in [-0.3, -0.25) is 0 Å². The number of hydrogen-bond donors (Lipinski definition) is 1. The maximum atomic E-state index is 10.4. The van der Waals surface area contributed by atoms with Crippen molar-refractivity contribution in [3.05, 3.63) is 33.8 Å². The molecule has 1 nitrogen and oxygen atoms in total. The van der Waals surface area contributed by atoms with Crippen LogP contribution in [0, 0.1) is 0 Å². The molecule has 0 amide bonds. The smallest absolute Gasteiger partial charge is 0.0710 e. The Hall–Kier alpha value is 0.460. The highest BCUT2D eigenvalue weighted by atomic mass is 35.5. The zero-order valence-corrected chi connectivity index (χ0v) is 13.2. The minimum absolute atomic E-state index is 0.277. The first-order chi connectivity index (χ1) is 8.58. The van der Waals surface area contributed by atoms with Gasteiger partial charge in [0.2, 0.25) is 0 Å². The van der Waals surface area contributed by atoms with Crippen molar-refractivity contribution in [2.45, 2.75) is 29.9 Å². The fraction of sp³-hybridized carbons (Fsp3) is 0.538. The molecule has 1 fully saturated rings. The fourth-order valence-electron chi connectivity index (χ4n) is 2.11. The Balaban J connectivity index is 2.05. The lowest BCUT2D eigenvalue weighted by Gasteiger charge is -2.31. The Morgan fingerprint density at radius 1 is 1.33 bits per heavy atom. The molecule has 1 aliphatic rings. The van der Waals surface area contributed by atoms with Gasteiger partial charge in [-0.05, 0) is 23.8 Å². The lowest BCUT2D eigenvalue weighted by Crippen LogP contribution is -2.36. The third kappa shape index (κ3) is 3.73. The second kappa shape index (κ2) is 6.76. The molecule has 0 spiro atoms. The van der Waals surface area contributed by atoms with E-state index in [1.54, 1.807) is 12.1 Å². The van der Waals surface area contributed by atoms with E-state index in [0.717, 1.165) is 11.3 Å². The molecular formula is C13H16Cl2OS2. The molecule has 1 aromatic carbocycles. The van der Waals surface area contributed by atoms with Crippen LogP contribution in [-0.4, -0.2) is 33.2 Å². The van der Waals surface area contributed by atoms with Crippen LogP contribution < -0.4 is 0 Å². The van der Waals surface area contributed by atoms with Crippen molar-refractivity contribution in [1.82, 2.24) is 0 Å². The highest BCUT2D eigenvalue weighted by molar-refractivity contribution is 8.07. The lowest BCUT2D eigenvalue weighted by molar-refractivity contribution is 0.171. The van der Waals surface area contributed by atoms with E-state index in [1.807, 2.05) is 29.6 Å². The monoisotopic (exact) mass is 322 g/mol. The normalized spacial score (nSPS) is 26.0. The number of rotatable bonds is 3. The van der Waals surface area contributed by atoms with Crippen molar-refractivity contribution in [2.24, 2.45) is 0 Å². The quantitative estimate of drug-likeness (QED) is 0.903. The molecule has 3 atom stereocenters. The van der Waals surface area contributed by atoms with Crippen LogP contribution in [-0.2, 0) is 6.42 Å². The van der Waals surface area contributed by atoms with Gasteiger partial charge >= 0.3 is 0 Å². The van der Waals surface area contributed by atoms with Crippen LogP contribution in [0.1, 0.15) is 12.5 Å². The van der Waals surface area contributed by atoms with E-state index in [0.29, 0.717) is 21.7 Å². The first-order valence-corrected chi connectivity index (χ1v) is 8.78. The van der Waals surface area contributed by atoms with Gasteiger partial charge in [0.25, 0.3) is 0 Å². The molecule has 2 rings (SSSR count). The molecule has 1 saturated heterocycles. The minimum Gasteiger partial charge on any atom is -0.392 e. The zero-order valence-electron chi connectivity index (χ0n) is 10.1. The average Bonchev–Trinajstić information content (AvgIpc) is 2.34. The number of aliphatic hydroxyl groups is 1. The number of hydrogen-bond acceptors (Lipinski definition) is 3. The van der Waals surface area contributed by atoms with E-state index < -0.39 is 0 Å². The summed E-state index contributed by atoms with van der Waals surface area (Å²) in [5.74, 6) is 2.28. The van der Waals surface area contributed by atoms with Gasteiger partial charge in [0, 0.05) is 38.5 Å². The average molecular weight is 323 g/mol. The largest absolute Gasteiger partial charge is 0.392 e. The van der Waals surface area contributed by atoms with E-state index in [4.69, 9.17) is 23.2 Å². The van der Waals surface area contributed by atoms with Crippen LogP contribution in [0.4, 0.5) is 0 Å². The van der Waals surface area contributed by atoms with Crippen LogP contribution in [0.25, 0.3) is 0 Å². The van der Waals surface area contributed by atoms with Gasteiger partial charge in [0.15, 0.2) is 0 Å². The maximum Gasteiger partial charge on any atom is 0.0710 e. The Bertz CT molecular complexity index is 414. The van der Waals surface area contributed by atoms with Crippen LogP contribution in [0.15, 0.2) is 18.2 Å². The predicted octanol–water partition coefficient (Wildman–Crippen LogP) is 4.13. The van der Waals surface area contributed by atoms with Gasteiger partial charge in [-0.1, -0.05) is 30.1 Å². The maximum absolute atomic E-state index is 10.4.